The lowest BCUT2D eigenvalue weighted by atomic mass is 9.76. The van der Waals surface area contributed by atoms with Crippen LogP contribution in [-0.2, 0) is 20.9 Å². The van der Waals surface area contributed by atoms with Crippen molar-refractivity contribution in [2.75, 3.05) is 6.54 Å². The van der Waals surface area contributed by atoms with E-state index in [0.29, 0.717) is 24.0 Å². The summed E-state index contributed by atoms with van der Waals surface area (Å²) in [6.07, 6.45) is 8.21. The van der Waals surface area contributed by atoms with E-state index in [0.717, 1.165) is 24.8 Å². The molecule has 4 unspecified atom stereocenters. The highest BCUT2D eigenvalue weighted by molar-refractivity contribution is 6.31. The van der Waals surface area contributed by atoms with E-state index in [1.807, 2.05) is 36.4 Å². The van der Waals surface area contributed by atoms with Crippen LogP contribution in [-0.4, -0.2) is 41.0 Å². The van der Waals surface area contributed by atoms with Crippen LogP contribution in [0.5, 0.6) is 0 Å². The van der Waals surface area contributed by atoms with Gasteiger partial charge in [0.2, 0.25) is 11.8 Å². The molecule has 1 aromatic carbocycles. The first kappa shape index (κ1) is 19.1. The summed E-state index contributed by atoms with van der Waals surface area (Å²) in [7, 11) is 0. The summed E-state index contributed by atoms with van der Waals surface area (Å²) in [5.74, 6) is -0.448. The van der Waals surface area contributed by atoms with E-state index in [1.165, 1.54) is 6.42 Å². The number of halogens is 1. The monoisotopic (exact) mass is 414 g/mol. The molecule has 2 bridgehead atoms. The van der Waals surface area contributed by atoms with Crippen molar-refractivity contribution >= 4 is 23.4 Å². The van der Waals surface area contributed by atoms with Crippen molar-refractivity contribution in [3.63, 3.8) is 0 Å². The number of nitrogens with zero attached hydrogens (tertiary/aromatic N) is 1. The van der Waals surface area contributed by atoms with Gasteiger partial charge in [0.1, 0.15) is 5.60 Å². The van der Waals surface area contributed by atoms with Crippen LogP contribution in [0.25, 0.3) is 0 Å². The maximum Gasteiger partial charge on any atom is 0.230 e. The fourth-order valence-corrected chi connectivity index (χ4v) is 5.85. The fourth-order valence-electron chi connectivity index (χ4n) is 5.65. The number of hydrogen-bond acceptors (Lipinski definition) is 3. The zero-order valence-corrected chi connectivity index (χ0v) is 17.4. The number of benzene rings is 1. The average Bonchev–Trinajstić information content (AvgIpc) is 3.34. The van der Waals surface area contributed by atoms with Gasteiger partial charge >= 0.3 is 0 Å². The van der Waals surface area contributed by atoms with E-state index in [9.17, 15) is 9.59 Å². The van der Waals surface area contributed by atoms with E-state index in [-0.39, 0.29) is 24.0 Å². The molecule has 1 spiro atoms. The minimum atomic E-state index is -0.677. The van der Waals surface area contributed by atoms with Crippen molar-refractivity contribution < 1.29 is 14.3 Å². The van der Waals surface area contributed by atoms with Gasteiger partial charge in [-0.15, -0.1) is 0 Å². The van der Waals surface area contributed by atoms with Crippen LogP contribution in [0.4, 0.5) is 0 Å². The third kappa shape index (κ3) is 3.10. The van der Waals surface area contributed by atoms with Crippen molar-refractivity contribution in [1.29, 1.82) is 0 Å². The lowest BCUT2D eigenvalue weighted by Crippen LogP contribution is -2.49. The molecule has 2 saturated heterocycles. The summed E-state index contributed by atoms with van der Waals surface area (Å²) in [5.41, 5.74) is 0.234. The summed E-state index contributed by atoms with van der Waals surface area (Å²) in [6, 6.07) is 7.77. The predicted molar refractivity (Wildman–Crippen MR) is 110 cm³/mol. The first-order chi connectivity index (χ1) is 14.0. The fraction of sp³-hybridized carbons (Fsp3) is 0.565. The Bertz CT molecular complexity index is 871. The number of nitrogens with one attached hydrogen (secondary N) is 1. The zero-order valence-electron chi connectivity index (χ0n) is 16.6. The minimum absolute atomic E-state index is 0.00591. The van der Waals surface area contributed by atoms with E-state index < -0.39 is 17.4 Å². The van der Waals surface area contributed by atoms with Crippen molar-refractivity contribution in [2.24, 2.45) is 17.8 Å². The number of rotatable bonds is 4. The molecule has 0 radical (unpaired) electrons. The van der Waals surface area contributed by atoms with Gasteiger partial charge in [-0.2, -0.15) is 0 Å². The van der Waals surface area contributed by atoms with E-state index in [4.69, 9.17) is 16.3 Å². The Labute approximate surface area is 176 Å². The summed E-state index contributed by atoms with van der Waals surface area (Å²) < 4.78 is 6.23. The number of carbonyl (C=O) groups excluding carboxylic acids is 2. The Morgan fingerprint density at radius 2 is 2.10 bits per heavy atom. The van der Waals surface area contributed by atoms with Crippen molar-refractivity contribution in [2.45, 2.75) is 56.9 Å². The van der Waals surface area contributed by atoms with Gasteiger partial charge in [0, 0.05) is 17.6 Å². The molecule has 2 amide bonds. The van der Waals surface area contributed by atoms with Crippen molar-refractivity contribution in [1.82, 2.24) is 10.2 Å². The second-order valence-corrected chi connectivity index (χ2v) is 9.47. The number of likely N-dealkylation sites (tertiary alicyclic amines) is 1. The van der Waals surface area contributed by atoms with Gasteiger partial charge in [-0.05, 0) is 30.4 Å². The van der Waals surface area contributed by atoms with Crippen LogP contribution in [0.2, 0.25) is 5.02 Å². The number of fused-ring (bicyclic) bond motifs is 1. The van der Waals surface area contributed by atoms with Crippen LogP contribution < -0.4 is 5.32 Å². The lowest BCUT2D eigenvalue weighted by molar-refractivity contribution is -0.138. The maximum absolute atomic E-state index is 13.3. The first-order valence-corrected chi connectivity index (χ1v) is 11.1. The molecule has 0 aromatic heterocycles. The molecule has 29 heavy (non-hydrogen) atoms. The second-order valence-electron chi connectivity index (χ2n) is 9.06. The van der Waals surface area contributed by atoms with E-state index in [2.05, 4.69) is 12.2 Å². The van der Waals surface area contributed by atoms with Crippen LogP contribution in [0, 0.1) is 17.8 Å². The van der Waals surface area contributed by atoms with Gasteiger partial charge in [0.15, 0.2) is 0 Å². The smallest absolute Gasteiger partial charge is 0.230 e. The van der Waals surface area contributed by atoms with Gasteiger partial charge < -0.3 is 15.0 Å². The highest BCUT2D eigenvalue weighted by atomic mass is 35.5. The van der Waals surface area contributed by atoms with Crippen molar-refractivity contribution in [3.05, 3.63) is 47.0 Å². The molecule has 5 rings (SSSR count). The van der Waals surface area contributed by atoms with Crippen LogP contribution >= 0.6 is 11.6 Å². The minimum Gasteiger partial charge on any atom is -0.360 e. The molecular weight excluding hydrogens is 388 g/mol. The van der Waals surface area contributed by atoms with E-state index in [1.54, 1.807) is 4.90 Å². The third-order valence-corrected chi connectivity index (χ3v) is 7.61. The molecule has 1 aromatic rings. The van der Waals surface area contributed by atoms with Crippen molar-refractivity contribution in [3.8, 4) is 0 Å². The summed E-state index contributed by atoms with van der Waals surface area (Å²) >= 11 is 6.30. The first-order valence-electron chi connectivity index (χ1n) is 10.7. The number of carbonyl (C=O) groups is 2. The SMILES string of the molecule is CC1CCCCC1NC(=O)C1[C@H]2C=CC3(CN(Cc4ccccc4Cl)C(=O)[C@@H]13)O2. The van der Waals surface area contributed by atoms with Crippen LogP contribution in [0.3, 0.4) is 0 Å². The summed E-state index contributed by atoms with van der Waals surface area (Å²) in [5, 5.41) is 3.90. The Balaban J connectivity index is 1.35. The lowest BCUT2D eigenvalue weighted by Gasteiger charge is -2.32. The molecule has 6 atom stereocenters. The molecule has 1 aliphatic carbocycles. The number of hydrogen-bond donors (Lipinski definition) is 1. The van der Waals surface area contributed by atoms with Gasteiger partial charge in [-0.1, -0.05) is 61.7 Å². The third-order valence-electron chi connectivity index (χ3n) is 7.24. The van der Waals surface area contributed by atoms with Gasteiger partial charge in [0.05, 0.1) is 24.5 Å². The average molecular weight is 415 g/mol. The quantitative estimate of drug-likeness (QED) is 0.769. The molecule has 3 heterocycles. The molecule has 1 saturated carbocycles. The van der Waals surface area contributed by atoms with Crippen LogP contribution in [0.1, 0.15) is 38.2 Å². The molecule has 3 aliphatic heterocycles. The standard InChI is InChI=1S/C23H27ClN2O3/c1-14-6-2-5-9-17(14)25-21(27)19-18-10-11-23(29-18)13-26(22(28)20(19)23)12-15-7-3-4-8-16(15)24/h3-4,7-8,10-11,14,17-20H,2,5-6,9,12-13H2,1H3,(H,25,27)/t14?,17?,18-,19?,20-,23?/m1/s1. The van der Waals surface area contributed by atoms with E-state index >= 15 is 0 Å². The van der Waals surface area contributed by atoms with Crippen LogP contribution in [0.15, 0.2) is 36.4 Å². The maximum atomic E-state index is 13.3. The highest BCUT2D eigenvalue weighted by Gasteiger charge is 2.66. The molecule has 1 N–H and O–H groups in total. The molecule has 6 heteroatoms. The molecule has 5 nitrogen and oxygen atoms in total. The molecule has 154 valence electrons. The number of amides is 2. The van der Waals surface area contributed by atoms with Gasteiger partial charge in [-0.25, -0.2) is 0 Å². The Kier molecular flexibility index (Phi) is 4.71. The predicted octanol–water partition coefficient (Wildman–Crippen LogP) is 3.32. The second kappa shape index (κ2) is 7.13. The largest absolute Gasteiger partial charge is 0.360 e. The summed E-state index contributed by atoms with van der Waals surface area (Å²) in [4.78, 5) is 28.4. The molecule has 3 fully saturated rings. The van der Waals surface area contributed by atoms with Gasteiger partial charge in [-0.3, -0.25) is 9.59 Å². The summed E-state index contributed by atoms with van der Waals surface area (Å²) in [6.45, 7) is 3.11. The molecule has 4 aliphatic rings. The Morgan fingerprint density at radius 1 is 1.31 bits per heavy atom. The molecular formula is C23H27ClN2O3. The zero-order chi connectivity index (χ0) is 20.2. The topological polar surface area (TPSA) is 58.6 Å². The van der Waals surface area contributed by atoms with Gasteiger partial charge in [0.25, 0.3) is 0 Å². The number of ether oxygens (including phenoxy) is 1. The Morgan fingerprint density at radius 3 is 2.90 bits per heavy atom. The normalized spacial score (nSPS) is 37.8. The highest BCUT2D eigenvalue weighted by Crippen LogP contribution is 2.52. The Hall–Kier alpha value is -1.85.